The molecule has 0 unspecified atom stereocenters. The molecule has 3 aromatic carbocycles. The fraction of sp³-hybridized carbons (Fsp3) is 0. The number of benzene rings is 3. The number of nitro groups is 1. The van der Waals surface area contributed by atoms with Crippen molar-refractivity contribution in [2.45, 2.75) is 4.90 Å². The third-order valence-electron chi connectivity index (χ3n) is 4.22. The summed E-state index contributed by atoms with van der Waals surface area (Å²) in [5.74, 6) is -0.503. The number of para-hydroxylation sites is 1. The molecule has 0 saturated heterocycles. The lowest BCUT2D eigenvalue weighted by Gasteiger charge is -2.10. The van der Waals surface area contributed by atoms with Crippen LogP contribution in [-0.2, 0) is 14.8 Å². The van der Waals surface area contributed by atoms with Gasteiger partial charge in [0.2, 0.25) is 5.91 Å². The second-order valence-electron chi connectivity index (χ2n) is 6.62. The molecule has 0 aromatic heterocycles. The Labute approximate surface area is 195 Å². The predicted molar refractivity (Wildman–Crippen MR) is 130 cm³/mol. The van der Waals surface area contributed by atoms with E-state index in [1.54, 1.807) is 30.3 Å². The SMILES string of the molecule is O=C(/C=C/c1ccc([N+](=O)[O-])cc1)NC(=S)Nc1ccc(S(=O)(=O)Nc2ccccc2)cc1. The maximum atomic E-state index is 12.5. The highest BCUT2D eigenvalue weighted by atomic mass is 32.2. The molecular formula is C22H18N4O5S2. The Morgan fingerprint density at radius 3 is 2.15 bits per heavy atom. The summed E-state index contributed by atoms with van der Waals surface area (Å²) in [5.41, 5.74) is 1.50. The minimum absolute atomic E-state index is 0.0198. The lowest BCUT2D eigenvalue weighted by Crippen LogP contribution is -2.32. The number of nitro benzene ring substituents is 1. The van der Waals surface area contributed by atoms with Gasteiger partial charge in [-0.1, -0.05) is 18.2 Å². The van der Waals surface area contributed by atoms with E-state index in [4.69, 9.17) is 12.2 Å². The van der Waals surface area contributed by atoms with E-state index < -0.39 is 20.9 Å². The van der Waals surface area contributed by atoms with Gasteiger partial charge in [0.05, 0.1) is 9.82 Å². The third kappa shape index (κ3) is 6.95. The summed E-state index contributed by atoms with van der Waals surface area (Å²) < 4.78 is 27.4. The molecule has 0 saturated carbocycles. The number of sulfonamides is 1. The molecule has 0 spiro atoms. The van der Waals surface area contributed by atoms with Crippen LogP contribution in [0.2, 0.25) is 0 Å². The molecule has 3 N–H and O–H groups in total. The zero-order valence-electron chi connectivity index (χ0n) is 17.0. The Morgan fingerprint density at radius 2 is 1.55 bits per heavy atom. The van der Waals surface area contributed by atoms with Crippen molar-refractivity contribution in [3.63, 3.8) is 0 Å². The van der Waals surface area contributed by atoms with Crippen molar-refractivity contribution < 1.29 is 18.1 Å². The molecule has 0 heterocycles. The minimum Gasteiger partial charge on any atom is -0.332 e. The van der Waals surface area contributed by atoms with E-state index in [9.17, 15) is 23.3 Å². The lowest BCUT2D eigenvalue weighted by molar-refractivity contribution is -0.384. The van der Waals surface area contributed by atoms with Crippen LogP contribution >= 0.6 is 12.2 Å². The molecule has 33 heavy (non-hydrogen) atoms. The highest BCUT2D eigenvalue weighted by molar-refractivity contribution is 7.92. The largest absolute Gasteiger partial charge is 0.332 e. The zero-order valence-corrected chi connectivity index (χ0v) is 18.6. The third-order valence-corrected chi connectivity index (χ3v) is 5.82. The number of carbonyl (C=O) groups is 1. The Morgan fingerprint density at radius 1 is 0.909 bits per heavy atom. The first kappa shape index (κ1) is 23.6. The molecule has 168 valence electrons. The molecule has 0 bridgehead atoms. The molecule has 0 aliphatic carbocycles. The van der Waals surface area contributed by atoms with Crippen LogP contribution in [0, 0.1) is 10.1 Å². The summed E-state index contributed by atoms with van der Waals surface area (Å²) >= 11 is 5.10. The number of thiocarbonyl (C=S) groups is 1. The van der Waals surface area contributed by atoms with Crippen molar-refractivity contribution in [3.05, 3.63) is 101 Å². The van der Waals surface area contributed by atoms with Gasteiger partial charge in [0.15, 0.2) is 5.11 Å². The van der Waals surface area contributed by atoms with Gasteiger partial charge in [0.1, 0.15) is 0 Å². The average molecular weight is 483 g/mol. The van der Waals surface area contributed by atoms with Gasteiger partial charge < -0.3 is 5.32 Å². The predicted octanol–water partition coefficient (Wildman–Crippen LogP) is 3.92. The summed E-state index contributed by atoms with van der Waals surface area (Å²) in [6.07, 6.45) is 2.72. The molecule has 0 atom stereocenters. The smallest absolute Gasteiger partial charge is 0.269 e. The van der Waals surface area contributed by atoms with Crippen molar-refractivity contribution in [1.82, 2.24) is 5.32 Å². The monoisotopic (exact) mass is 482 g/mol. The second-order valence-corrected chi connectivity index (χ2v) is 8.71. The fourth-order valence-electron chi connectivity index (χ4n) is 2.63. The molecule has 0 aliphatic heterocycles. The molecule has 1 amide bonds. The number of non-ortho nitro benzene ring substituents is 1. The Kier molecular flexibility index (Phi) is 7.49. The van der Waals surface area contributed by atoms with Gasteiger partial charge in [-0.2, -0.15) is 0 Å². The molecule has 3 aromatic rings. The van der Waals surface area contributed by atoms with Gasteiger partial charge in [0.25, 0.3) is 15.7 Å². The van der Waals surface area contributed by atoms with E-state index in [2.05, 4.69) is 15.4 Å². The maximum absolute atomic E-state index is 12.5. The van der Waals surface area contributed by atoms with Crippen molar-refractivity contribution in [2.24, 2.45) is 0 Å². The lowest BCUT2D eigenvalue weighted by atomic mass is 10.2. The van der Waals surface area contributed by atoms with Crippen molar-refractivity contribution >= 4 is 56.4 Å². The van der Waals surface area contributed by atoms with E-state index in [-0.39, 0.29) is 15.7 Å². The van der Waals surface area contributed by atoms with Gasteiger partial charge in [-0.25, -0.2) is 8.42 Å². The highest BCUT2D eigenvalue weighted by Gasteiger charge is 2.14. The summed E-state index contributed by atoms with van der Waals surface area (Å²) in [5, 5.41) is 15.9. The van der Waals surface area contributed by atoms with Crippen molar-refractivity contribution in [2.75, 3.05) is 10.0 Å². The van der Waals surface area contributed by atoms with Crippen molar-refractivity contribution in [3.8, 4) is 0 Å². The molecule has 0 fully saturated rings. The van der Waals surface area contributed by atoms with Crippen LogP contribution in [0.1, 0.15) is 5.56 Å². The fourth-order valence-corrected chi connectivity index (χ4v) is 3.91. The van der Waals surface area contributed by atoms with E-state index in [1.807, 2.05) is 0 Å². The number of amides is 1. The van der Waals surface area contributed by atoms with Gasteiger partial charge >= 0.3 is 0 Å². The minimum atomic E-state index is -3.75. The van der Waals surface area contributed by atoms with Crippen LogP contribution in [0.5, 0.6) is 0 Å². The Bertz CT molecular complexity index is 1290. The molecule has 0 radical (unpaired) electrons. The van der Waals surface area contributed by atoms with Gasteiger partial charge in [-0.15, -0.1) is 0 Å². The van der Waals surface area contributed by atoms with E-state index in [0.29, 0.717) is 16.9 Å². The van der Waals surface area contributed by atoms with Gasteiger partial charge in [0, 0.05) is 29.6 Å². The number of nitrogens with zero attached hydrogens (tertiary/aromatic N) is 1. The van der Waals surface area contributed by atoms with E-state index >= 15 is 0 Å². The van der Waals surface area contributed by atoms with Crippen LogP contribution < -0.4 is 15.4 Å². The number of nitrogens with one attached hydrogen (secondary N) is 3. The summed E-state index contributed by atoms with van der Waals surface area (Å²) in [6, 6.07) is 20.1. The van der Waals surface area contributed by atoms with Crippen LogP contribution in [0.4, 0.5) is 17.1 Å². The van der Waals surface area contributed by atoms with E-state index in [1.165, 1.54) is 60.7 Å². The molecule has 11 heteroatoms. The number of hydrogen-bond donors (Lipinski definition) is 3. The number of hydrogen-bond acceptors (Lipinski definition) is 6. The van der Waals surface area contributed by atoms with Gasteiger partial charge in [-0.3, -0.25) is 24.9 Å². The van der Waals surface area contributed by atoms with Crippen LogP contribution in [0.3, 0.4) is 0 Å². The first-order valence-electron chi connectivity index (χ1n) is 9.45. The normalized spacial score (nSPS) is 11.0. The van der Waals surface area contributed by atoms with Crippen LogP contribution in [0.15, 0.2) is 89.8 Å². The molecule has 0 aliphatic rings. The van der Waals surface area contributed by atoms with Crippen LogP contribution in [-0.4, -0.2) is 24.4 Å². The molecular weight excluding hydrogens is 464 g/mol. The maximum Gasteiger partial charge on any atom is 0.269 e. The second kappa shape index (κ2) is 10.5. The standard InChI is InChI=1S/C22H18N4O5S2/c27-21(15-8-16-6-11-19(12-7-16)26(28)29)24-22(32)23-17-9-13-20(14-10-17)33(30,31)25-18-4-2-1-3-5-18/h1-15,25H,(H2,23,24,27,32)/b15-8+. The van der Waals surface area contributed by atoms with Gasteiger partial charge in [-0.05, 0) is 72.4 Å². The molecule has 3 rings (SSSR count). The number of carbonyl (C=O) groups excluding carboxylic acids is 1. The zero-order chi connectivity index (χ0) is 23.8. The average Bonchev–Trinajstić information content (AvgIpc) is 2.78. The summed E-state index contributed by atoms with van der Waals surface area (Å²) in [6.45, 7) is 0. The van der Waals surface area contributed by atoms with Crippen molar-refractivity contribution in [1.29, 1.82) is 0 Å². The summed E-state index contributed by atoms with van der Waals surface area (Å²) in [7, 11) is -3.75. The quantitative estimate of drug-likeness (QED) is 0.201. The summed E-state index contributed by atoms with van der Waals surface area (Å²) in [4.78, 5) is 22.3. The first-order valence-corrected chi connectivity index (χ1v) is 11.3. The van der Waals surface area contributed by atoms with Crippen LogP contribution in [0.25, 0.3) is 6.08 Å². The number of rotatable bonds is 7. The Hall–Kier alpha value is -4.09. The topological polar surface area (TPSA) is 130 Å². The Balaban J connectivity index is 1.54. The first-order chi connectivity index (χ1) is 15.7. The molecule has 9 nitrogen and oxygen atoms in total. The van der Waals surface area contributed by atoms with E-state index in [0.717, 1.165) is 0 Å². The number of anilines is 2. The highest BCUT2D eigenvalue weighted by Crippen LogP contribution is 2.18.